The van der Waals surface area contributed by atoms with E-state index in [-0.39, 0.29) is 11.9 Å². The van der Waals surface area contributed by atoms with E-state index in [0.717, 1.165) is 30.8 Å². The molecule has 0 radical (unpaired) electrons. The lowest BCUT2D eigenvalue weighted by Crippen LogP contribution is -2.41. The number of hydrogen-bond acceptors (Lipinski definition) is 3. The van der Waals surface area contributed by atoms with E-state index in [2.05, 4.69) is 10.2 Å². The minimum atomic E-state index is 0.0523. The zero-order valence-electron chi connectivity index (χ0n) is 14.2. The van der Waals surface area contributed by atoms with Gasteiger partial charge in [0, 0.05) is 31.7 Å². The van der Waals surface area contributed by atoms with Crippen molar-refractivity contribution in [2.45, 2.75) is 25.8 Å². The summed E-state index contributed by atoms with van der Waals surface area (Å²) in [6.45, 7) is 3.37. The number of carbonyl (C=O) groups excluding carboxylic acids is 1. The van der Waals surface area contributed by atoms with Gasteiger partial charge in [-0.25, -0.2) is 4.68 Å². The predicted octanol–water partition coefficient (Wildman–Crippen LogP) is 2.85. The summed E-state index contributed by atoms with van der Waals surface area (Å²) in [5, 5.41) is 8.85. The van der Waals surface area contributed by atoms with Crippen molar-refractivity contribution in [2.75, 3.05) is 13.1 Å². The first-order valence-electron chi connectivity index (χ1n) is 8.62. The molecule has 25 heavy (non-hydrogen) atoms. The first-order valence-corrected chi connectivity index (χ1v) is 8.62. The molecule has 4 rings (SSSR count). The van der Waals surface area contributed by atoms with Crippen LogP contribution in [0, 0.1) is 6.92 Å². The molecule has 0 aliphatic carbocycles. The molecule has 3 aromatic rings. The molecule has 128 valence electrons. The van der Waals surface area contributed by atoms with E-state index >= 15 is 0 Å². The molecule has 6 heteroatoms. The summed E-state index contributed by atoms with van der Waals surface area (Å²) >= 11 is 0. The maximum absolute atomic E-state index is 13.0. The van der Waals surface area contributed by atoms with Crippen LogP contribution in [-0.2, 0) is 0 Å². The Hall–Kier alpha value is -2.89. The Kier molecular flexibility index (Phi) is 4.09. The first-order chi connectivity index (χ1) is 12.2. The summed E-state index contributed by atoms with van der Waals surface area (Å²) < 4.78 is 3.73. The molecule has 6 nitrogen and oxygen atoms in total. The summed E-state index contributed by atoms with van der Waals surface area (Å²) in [4.78, 5) is 14.9. The highest BCUT2D eigenvalue weighted by Gasteiger charge is 2.27. The Labute approximate surface area is 146 Å². The topological polar surface area (TPSA) is 56.0 Å². The van der Waals surface area contributed by atoms with Crippen LogP contribution in [0.1, 0.15) is 34.9 Å². The van der Waals surface area contributed by atoms with Crippen LogP contribution >= 0.6 is 0 Å². The molecule has 3 heterocycles. The number of aromatic nitrogens is 4. The Morgan fingerprint density at radius 1 is 1.20 bits per heavy atom. The smallest absolute Gasteiger partial charge is 0.257 e. The van der Waals surface area contributed by atoms with Gasteiger partial charge in [0.1, 0.15) is 0 Å². The average Bonchev–Trinajstić information content (AvgIpc) is 3.32. The molecular weight excluding hydrogens is 314 g/mol. The van der Waals surface area contributed by atoms with Gasteiger partial charge in [0.25, 0.3) is 5.91 Å². The number of nitrogens with zero attached hydrogens (tertiary/aromatic N) is 5. The van der Waals surface area contributed by atoms with Gasteiger partial charge in [-0.15, -0.1) is 0 Å². The lowest BCUT2D eigenvalue weighted by Gasteiger charge is -2.32. The van der Waals surface area contributed by atoms with Gasteiger partial charge < -0.3 is 4.90 Å². The van der Waals surface area contributed by atoms with Gasteiger partial charge in [-0.05, 0) is 38.0 Å². The molecule has 1 aliphatic heterocycles. The predicted molar refractivity (Wildman–Crippen MR) is 94.7 cm³/mol. The fourth-order valence-electron chi connectivity index (χ4n) is 3.41. The number of aryl methyl sites for hydroxylation is 1. The van der Waals surface area contributed by atoms with Gasteiger partial charge in [-0.1, -0.05) is 18.2 Å². The number of hydrogen-bond donors (Lipinski definition) is 0. The standard InChI is InChI=1S/C19H21N5O/c1-15-18(14-24(21-15)16-7-3-2-4-8-16)19(25)22-11-5-9-17(13-22)23-12-6-10-20-23/h2-4,6-8,10,12,14,17H,5,9,11,13H2,1H3. The second-order valence-electron chi connectivity index (χ2n) is 6.44. The summed E-state index contributed by atoms with van der Waals surface area (Å²) in [6.07, 6.45) is 7.63. The number of para-hydroxylation sites is 1. The first kappa shape index (κ1) is 15.6. The Balaban J connectivity index is 1.55. The second kappa shape index (κ2) is 6.55. The quantitative estimate of drug-likeness (QED) is 0.739. The van der Waals surface area contributed by atoms with Gasteiger partial charge in [0.05, 0.1) is 23.0 Å². The minimum Gasteiger partial charge on any atom is -0.336 e. The number of benzene rings is 1. The number of carbonyl (C=O) groups is 1. The number of piperidine rings is 1. The monoisotopic (exact) mass is 335 g/mol. The highest BCUT2D eigenvalue weighted by Crippen LogP contribution is 2.23. The van der Waals surface area contributed by atoms with Crippen LogP contribution in [0.25, 0.3) is 5.69 Å². The van der Waals surface area contributed by atoms with E-state index in [1.807, 2.05) is 65.3 Å². The number of rotatable bonds is 3. The second-order valence-corrected chi connectivity index (χ2v) is 6.44. The van der Waals surface area contributed by atoms with Crippen molar-refractivity contribution in [1.29, 1.82) is 0 Å². The van der Waals surface area contributed by atoms with Crippen LogP contribution in [0.2, 0.25) is 0 Å². The van der Waals surface area contributed by atoms with E-state index in [4.69, 9.17) is 0 Å². The molecule has 2 aromatic heterocycles. The third kappa shape index (κ3) is 3.07. The Morgan fingerprint density at radius 2 is 2.04 bits per heavy atom. The third-order valence-electron chi connectivity index (χ3n) is 4.73. The molecule has 1 aliphatic rings. The maximum Gasteiger partial charge on any atom is 0.257 e. The van der Waals surface area contributed by atoms with E-state index in [0.29, 0.717) is 12.1 Å². The van der Waals surface area contributed by atoms with Crippen LogP contribution in [0.15, 0.2) is 55.0 Å². The van der Waals surface area contributed by atoms with Crippen LogP contribution in [0.4, 0.5) is 0 Å². The van der Waals surface area contributed by atoms with Crippen LogP contribution in [0.5, 0.6) is 0 Å². The fourth-order valence-corrected chi connectivity index (χ4v) is 3.41. The molecule has 1 atom stereocenters. The molecule has 1 unspecified atom stereocenters. The molecule has 0 spiro atoms. The lowest BCUT2D eigenvalue weighted by molar-refractivity contribution is 0.0672. The van der Waals surface area contributed by atoms with Crippen molar-refractivity contribution in [3.63, 3.8) is 0 Å². The van der Waals surface area contributed by atoms with E-state index < -0.39 is 0 Å². The lowest BCUT2D eigenvalue weighted by atomic mass is 10.0. The Morgan fingerprint density at radius 3 is 2.80 bits per heavy atom. The minimum absolute atomic E-state index is 0.0523. The number of likely N-dealkylation sites (tertiary alicyclic amines) is 1. The molecule has 1 saturated heterocycles. The fraction of sp³-hybridized carbons (Fsp3) is 0.316. The van der Waals surface area contributed by atoms with Crippen LogP contribution in [0.3, 0.4) is 0 Å². The van der Waals surface area contributed by atoms with Crippen LogP contribution < -0.4 is 0 Å². The van der Waals surface area contributed by atoms with Crippen molar-refractivity contribution >= 4 is 5.91 Å². The summed E-state index contributed by atoms with van der Waals surface area (Å²) in [5.74, 6) is 0.0523. The summed E-state index contributed by atoms with van der Waals surface area (Å²) in [7, 11) is 0. The van der Waals surface area contributed by atoms with Gasteiger partial charge in [0.15, 0.2) is 0 Å². The molecule has 1 fully saturated rings. The van der Waals surface area contributed by atoms with Gasteiger partial charge in [0.2, 0.25) is 0 Å². The summed E-state index contributed by atoms with van der Waals surface area (Å²) in [5.41, 5.74) is 2.39. The van der Waals surface area contributed by atoms with E-state index in [1.54, 1.807) is 10.9 Å². The van der Waals surface area contributed by atoms with Gasteiger partial charge in [-0.3, -0.25) is 9.48 Å². The zero-order valence-corrected chi connectivity index (χ0v) is 14.2. The highest BCUT2D eigenvalue weighted by molar-refractivity contribution is 5.95. The largest absolute Gasteiger partial charge is 0.336 e. The normalized spacial score (nSPS) is 17.6. The SMILES string of the molecule is Cc1nn(-c2ccccc2)cc1C(=O)N1CCCC(n2cccn2)C1. The maximum atomic E-state index is 13.0. The van der Waals surface area contributed by atoms with Crippen molar-refractivity contribution < 1.29 is 4.79 Å². The zero-order chi connectivity index (χ0) is 17.2. The third-order valence-corrected chi connectivity index (χ3v) is 4.73. The van der Waals surface area contributed by atoms with Crippen molar-refractivity contribution in [3.8, 4) is 5.69 Å². The van der Waals surface area contributed by atoms with E-state index in [1.165, 1.54) is 0 Å². The molecule has 1 aromatic carbocycles. The van der Waals surface area contributed by atoms with Crippen LogP contribution in [-0.4, -0.2) is 43.5 Å². The molecule has 0 N–H and O–H groups in total. The molecular formula is C19H21N5O. The number of amides is 1. The van der Waals surface area contributed by atoms with Crippen molar-refractivity contribution in [2.24, 2.45) is 0 Å². The Bertz CT molecular complexity index is 853. The molecule has 0 saturated carbocycles. The van der Waals surface area contributed by atoms with Crippen molar-refractivity contribution in [3.05, 3.63) is 66.2 Å². The summed E-state index contributed by atoms with van der Waals surface area (Å²) in [6, 6.07) is 12.0. The van der Waals surface area contributed by atoms with E-state index in [9.17, 15) is 4.79 Å². The van der Waals surface area contributed by atoms with Gasteiger partial charge in [-0.2, -0.15) is 10.2 Å². The highest BCUT2D eigenvalue weighted by atomic mass is 16.2. The van der Waals surface area contributed by atoms with Gasteiger partial charge >= 0.3 is 0 Å². The average molecular weight is 335 g/mol. The van der Waals surface area contributed by atoms with Crippen molar-refractivity contribution in [1.82, 2.24) is 24.5 Å². The molecule has 0 bridgehead atoms. The molecule has 1 amide bonds.